The van der Waals surface area contributed by atoms with E-state index in [1.807, 2.05) is 18.2 Å². The number of carbonyl (C=O) groups is 1. The molecule has 20 heavy (non-hydrogen) atoms. The summed E-state index contributed by atoms with van der Waals surface area (Å²) < 4.78 is 0. The van der Waals surface area contributed by atoms with E-state index in [-0.39, 0.29) is 5.69 Å². The Morgan fingerprint density at radius 2 is 1.80 bits per heavy atom. The number of nitrogens with zero attached hydrogens (tertiary/aromatic N) is 1. The molecule has 0 bridgehead atoms. The molecule has 0 unspecified atom stereocenters. The normalized spacial score (nSPS) is 10.0. The van der Waals surface area contributed by atoms with E-state index in [2.05, 4.69) is 5.32 Å². The summed E-state index contributed by atoms with van der Waals surface area (Å²) in [7, 11) is 0. The number of anilines is 1. The minimum Gasteiger partial charge on any atom is -0.385 e. The van der Waals surface area contributed by atoms with Gasteiger partial charge in [-0.3, -0.25) is 14.9 Å². The van der Waals surface area contributed by atoms with Crippen LogP contribution in [0.15, 0.2) is 48.5 Å². The lowest BCUT2D eigenvalue weighted by Gasteiger charge is -2.07. The van der Waals surface area contributed by atoms with Crippen LogP contribution < -0.4 is 5.32 Å². The summed E-state index contributed by atoms with van der Waals surface area (Å²) >= 11 is 0. The highest BCUT2D eigenvalue weighted by molar-refractivity contribution is 5.77. The molecule has 2 aromatic rings. The molecule has 102 valence electrons. The molecule has 0 aromatic heterocycles. The Hall–Kier alpha value is -2.69. The largest absolute Gasteiger partial charge is 0.385 e. The van der Waals surface area contributed by atoms with E-state index in [1.54, 1.807) is 18.2 Å². The molecule has 0 amide bonds. The third-order valence-corrected chi connectivity index (χ3v) is 2.98. The minimum atomic E-state index is -0.426. The van der Waals surface area contributed by atoms with Gasteiger partial charge in [-0.05, 0) is 24.1 Å². The average Bonchev–Trinajstić information content (AvgIpc) is 2.48. The number of benzene rings is 2. The van der Waals surface area contributed by atoms with Gasteiger partial charge in [0.1, 0.15) is 6.29 Å². The first-order chi connectivity index (χ1) is 9.70. The summed E-state index contributed by atoms with van der Waals surface area (Å²) in [6.45, 7) is 0.655. The van der Waals surface area contributed by atoms with Crippen LogP contribution in [0.25, 0.3) is 0 Å². The molecule has 1 N–H and O–H groups in total. The number of nitrogens with one attached hydrogen (secondary N) is 1. The molecule has 0 aliphatic carbocycles. The molecule has 0 saturated carbocycles. The quantitative estimate of drug-likeness (QED) is 0.497. The van der Waals surface area contributed by atoms with Gasteiger partial charge in [0, 0.05) is 29.9 Å². The summed E-state index contributed by atoms with van der Waals surface area (Å²) in [6, 6.07) is 13.7. The van der Waals surface area contributed by atoms with Gasteiger partial charge in [-0.25, -0.2) is 0 Å². The number of aldehydes is 1. The molecule has 2 aromatic carbocycles. The molecule has 0 atom stereocenters. The molecule has 0 fully saturated rings. The molecule has 0 spiro atoms. The lowest BCUT2D eigenvalue weighted by molar-refractivity contribution is -0.384. The zero-order valence-electron chi connectivity index (χ0n) is 10.8. The highest BCUT2D eigenvalue weighted by atomic mass is 16.6. The van der Waals surface area contributed by atoms with Gasteiger partial charge in [-0.2, -0.15) is 0 Å². The molecule has 5 nitrogen and oxygen atoms in total. The monoisotopic (exact) mass is 270 g/mol. The average molecular weight is 270 g/mol. The lowest BCUT2D eigenvalue weighted by atomic mass is 10.1. The number of rotatable bonds is 6. The van der Waals surface area contributed by atoms with Crippen LogP contribution in [0, 0.1) is 10.1 Å². The molecule has 0 saturated heterocycles. The first kappa shape index (κ1) is 13.7. The fraction of sp³-hybridized carbons (Fsp3) is 0.133. The number of nitro benzene ring substituents is 1. The van der Waals surface area contributed by atoms with E-state index in [9.17, 15) is 14.9 Å². The summed E-state index contributed by atoms with van der Waals surface area (Å²) in [6.07, 6.45) is 1.56. The number of nitro groups is 1. The molecular formula is C15H14N2O3. The van der Waals surface area contributed by atoms with Crippen LogP contribution in [0.2, 0.25) is 0 Å². The second-order valence-electron chi connectivity index (χ2n) is 4.30. The van der Waals surface area contributed by atoms with Crippen LogP contribution in [0.3, 0.4) is 0 Å². The maximum absolute atomic E-state index is 10.9. The van der Waals surface area contributed by atoms with Crippen LogP contribution in [-0.4, -0.2) is 17.8 Å². The van der Waals surface area contributed by atoms with Crippen molar-refractivity contribution in [2.75, 3.05) is 11.9 Å². The van der Waals surface area contributed by atoms with Gasteiger partial charge in [0.2, 0.25) is 0 Å². The molecule has 0 radical (unpaired) electrons. The zero-order chi connectivity index (χ0) is 14.4. The van der Waals surface area contributed by atoms with Crippen LogP contribution in [0.1, 0.15) is 15.9 Å². The molecule has 2 rings (SSSR count). The fourth-order valence-corrected chi connectivity index (χ4v) is 1.92. The van der Waals surface area contributed by atoms with Gasteiger partial charge in [-0.15, -0.1) is 0 Å². The Balaban J connectivity index is 1.92. The van der Waals surface area contributed by atoms with Crippen molar-refractivity contribution in [3.63, 3.8) is 0 Å². The van der Waals surface area contributed by atoms with Gasteiger partial charge in [0.05, 0.1) is 4.92 Å². The molecule has 0 heterocycles. The van der Waals surface area contributed by atoms with E-state index in [1.165, 1.54) is 12.1 Å². The van der Waals surface area contributed by atoms with Crippen molar-refractivity contribution in [2.24, 2.45) is 0 Å². The predicted octanol–water partition coefficient (Wildman–Crippen LogP) is 3.06. The summed E-state index contributed by atoms with van der Waals surface area (Å²) in [5.41, 5.74) is 2.57. The Morgan fingerprint density at radius 3 is 2.45 bits per heavy atom. The minimum absolute atomic E-state index is 0.0712. The molecule has 0 aliphatic rings. The van der Waals surface area contributed by atoms with Crippen LogP contribution in [0.5, 0.6) is 0 Å². The summed E-state index contributed by atoms with van der Waals surface area (Å²) in [5.74, 6) is 0. The van der Waals surface area contributed by atoms with Gasteiger partial charge in [-0.1, -0.05) is 24.3 Å². The van der Waals surface area contributed by atoms with Crippen molar-refractivity contribution < 1.29 is 9.72 Å². The standard InChI is InChI=1S/C15H14N2O3/c18-11-13-4-2-1-3-12(13)9-10-16-14-5-7-15(8-6-14)17(19)20/h1-8,11,16H,9-10H2. The van der Waals surface area contributed by atoms with E-state index < -0.39 is 4.92 Å². The van der Waals surface area contributed by atoms with E-state index in [0.29, 0.717) is 18.5 Å². The number of hydrogen-bond donors (Lipinski definition) is 1. The molecule has 5 heteroatoms. The topological polar surface area (TPSA) is 72.2 Å². The Labute approximate surface area is 116 Å². The first-order valence-electron chi connectivity index (χ1n) is 6.22. The second-order valence-corrected chi connectivity index (χ2v) is 4.30. The molecule has 0 aliphatic heterocycles. The number of hydrogen-bond acceptors (Lipinski definition) is 4. The first-order valence-corrected chi connectivity index (χ1v) is 6.22. The van der Waals surface area contributed by atoms with Crippen molar-refractivity contribution in [3.8, 4) is 0 Å². The van der Waals surface area contributed by atoms with Crippen molar-refractivity contribution in [2.45, 2.75) is 6.42 Å². The van der Waals surface area contributed by atoms with Gasteiger partial charge >= 0.3 is 0 Å². The Morgan fingerprint density at radius 1 is 1.10 bits per heavy atom. The number of non-ortho nitro benzene ring substituents is 1. The van der Waals surface area contributed by atoms with E-state index in [4.69, 9.17) is 0 Å². The van der Waals surface area contributed by atoms with Crippen molar-refractivity contribution in [1.82, 2.24) is 0 Å². The predicted molar refractivity (Wildman–Crippen MR) is 77.1 cm³/mol. The van der Waals surface area contributed by atoms with Crippen molar-refractivity contribution >= 4 is 17.7 Å². The highest BCUT2D eigenvalue weighted by Crippen LogP contribution is 2.15. The van der Waals surface area contributed by atoms with E-state index >= 15 is 0 Å². The fourth-order valence-electron chi connectivity index (χ4n) is 1.92. The van der Waals surface area contributed by atoms with Crippen LogP contribution in [0.4, 0.5) is 11.4 Å². The van der Waals surface area contributed by atoms with Crippen LogP contribution in [-0.2, 0) is 6.42 Å². The van der Waals surface area contributed by atoms with Gasteiger partial charge < -0.3 is 5.32 Å². The van der Waals surface area contributed by atoms with Crippen LogP contribution >= 0.6 is 0 Å². The third kappa shape index (κ3) is 3.41. The maximum Gasteiger partial charge on any atom is 0.269 e. The van der Waals surface area contributed by atoms with E-state index in [0.717, 1.165) is 17.5 Å². The summed E-state index contributed by atoms with van der Waals surface area (Å²) in [4.78, 5) is 21.0. The zero-order valence-corrected chi connectivity index (χ0v) is 10.8. The maximum atomic E-state index is 10.9. The molecular weight excluding hydrogens is 256 g/mol. The number of carbonyl (C=O) groups excluding carboxylic acids is 1. The Kier molecular flexibility index (Phi) is 4.44. The third-order valence-electron chi connectivity index (χ3n) is 2.98. The smallest absolute Gasteiger partial charge is 0.269 e. The summed E-state index contributed by atoms with van der Waals surface area (Å²) in [5, 5.41) is 13.7. The van der Waals surface area contributed by atoms with Gasteiger partial charge in [0.25, 0.3) is 5.69 Å². The highest BCUT2D eigenvalue weighted by Gasteiger charge is 2.04. The van der Waals surface area contributed by atoms with Crippen molar-refractivity contribution in [1.29, 1.82) is 0 Å². The lowest BCUT2D eigenvalue weighted by Crippen LogP contribution is -2.06. The Bertz CT molecular complexity index is 609. The SMILES string of the molecule is O=Cc1ccccc1CCNc1ccc([N+](=O)[O-])cc1. The van der Waals surface area contributed by atoms with Gasteiger partial charge in [0.15, 0.2) is 0 Å². The second kappa shape index (κ2) is 6.47. The van der Waals surface area contributed by atoms with Crippen molar-refractivity contribution in [3.05, 3.63) is 69.8 Å².